The molecule has 0 fully saturated rings. The molecular formula is C10H5F. The Morgan fingerprint density at radius 1 is 1.09 bits per heavy atom. The van der Waals surface area contributed by atoms with Gasteiger partial charge in [-0.2, -0.15) is 0 Å². The number of hydrogen-bond acceptors (Lipinski definition) is 0. The third-order valence-electron chi connectivity index (χ3n) is 1.54. The van der Waals surface area contributed by atoms with E-state index in [9.17, 15) is 4.39 Å². The summed E-state index contributed by atoms with van der Waals surface area (Å²) < 4.78 is 12.5. The third-order valence-corrected chi connectivity index (χ3v) is 1.54. The number of hydrogen-bond donors (Lipinski definition) is 0. The second-order valence-electron chi connectivity index (χ2n) is 2.31. The summed E-state index contributed by atoms with van der Waals surface area (Å²) in [4.78, 5) is 0. The van der Waals surface area contributed by atoms with Gasteiger partial charge in [0.1, 0.15) is 5.82 Å². The highest BCUT2D eigenvalue weighted by molar-refractivity contribution is 5.80. The summed E-state index contributed by atoms with van der Waals surface area (Å²) in [5, 5.41) is 1.67. The van der Waals surface area contributed by atoms with Crippen LogP contribution in [-0.2, 0) is 0 Å². The monoisotopic (exact) mass is 144 g/mol. The lowest BCUT2D eigenvalue weighted by molar-refractivity contribution is 0.627. The van der Waals surface area contributed by atoms with E-state index in [4.69, 9.17) is 0 Å². The topological polar surface area (TPSA) is 0 Å². The highest BCUT2D eigenvalue weighted by atomic mass is 19.1. The minimum Gasteiger partial charge on any atom is -0.206 e. The van der Waals surface area contributed by atoms with Crippen molar-refractivity contribution in [2.75, 3.05) is 0 Å². The molecule has 2 rings (SSSR count). The lowest BCUT2D eigenvalue weighted by atomic mass is 10.1. The van der Waals surface area contributed by atoms with Gasteiger partial charge in [-0.15, -0.1) is 0 Å². The molecule has 0 bridgehead atoms. The van der Waals surface area contributed by atoms with Crippen molar-refractivity contribution in [2.45, 2.75) is 0 Å². The fourth-order valence-corrected chi connectivity index (χ4v) is 1.02. The van der Waals surface area contributed by atoms with E-state index in [1.54, 1.807) is 0 Å². The van der Waals surface area contributed by atoms with Crippen LogP contribution in [0.4, 0.5) is 4.39 Å². The molecular weight excluding hydrogens is 139 g/mol. The minimum atomic E-state index is -0.358. The van der Waals surface area contributed by atoms with Crippen molar-refractivity contribution in [3.8, 4) is 0 Å². The summed E-state index contributed by atoms with van der Waals surface area (Å²) in [6, 6.07) is 14.1. The quantitative estimate of drug-likeness (QED) is 0.533. The van der Waals surface area contributed by atoms with Crippen LogP contribution in [0.25, 0.3) is 10.8 Å². The molecule has 0 atom stereocenters. The van der Waals surface area contributed by atoms with Crippen LogP contribution in [0.1, 0.15) is 0 Å². The maximum absolute atomic E-state index is 12.5. The summed E-state index contributed by atoms with van der Waals surface area (Å²) in [5.41, 5.74) is 0. The third kappa shape index (κ3) is 1.09. The number of benzene rings is 2. The van der Waals surface area contributed by atoms with Gasteiger partial charge in [-0.3, -0.25) is 0 Å². The lowest BCUT2D eigenvalue weighted by Gasteiger charge is -1.93. The fraction of sp³-hybridized carbons (Fsp3) is 0. The number of fused-ring (bicyclic) bond motifs is 1. The van der Waals surface area contributed by atoms with Gasteiger partial charge in [0.05, 0.1) is 0 Å². The predicted molar refractivity (Wildman–Crippen MR) is 41.6 cm³/mol. The summed E-state index contributed by atoms with van der Waals surface area (Å²) in [6.07, 6.45) is 0. The Hall–Kier alpha value is -1.37. The molecule has 0 aliphatic carbocycles. The maximum atomic E-state index is 12.5. The molecule has 0 spiro atoms. The predicted octanol–water partition coefficient (Wildman–Crippen LogP) is 2.58. The Labute approximate surface area is 64.3 Å². The first-order chi connectivity index (χ1) is 5.36. The van der Waals surface area contributed by atoms with Crippen molar-refractivity contribution in [3.63, 3.8) is 0 Å². The fourth-order valence-electron chi connectivity index (χ4n) is 1.02. The molecule has 0 nitrogen and oxygen atoms in total. The second kappa shape index (κ2) is 2.35. The highest BCUT2D eigenvalue weighted by Gasteiger charge is 1.93. The zero-order valence-electron chi connectivity index (χ0n) is 5.76. The van der Waals surface area contributed by atoms with Crippen LogP contribution in [0.15, 0.2) is 30.3 Å². The second-order valence-corrected chi connectivity index (χ2v) is 2.31. The zero-order valence-corrected chi connectivity index (χ0v) is 5.76. The summed E-state index contributed by atoms with van der Waals surface area (Å²) in [6.45, 7) is 0. The highest BCUT2D eigenvalue weighted by Crippen LogP contribution is 2.12. The SMILES string of the molecule is Fc1[c]c2ccccc2[c]c1. The van der Waals surface area contributed by atoms with Gasteiger partial charge in [-0.25, -0.2) is 4.39 Å². The molecule has 0 heterocycles. The van der Waals surface area contributed by atoms with E-state index >= 15 is 0 Å². The van der Waals surface area contributed by atoms with E-state index in [2.05, 4.69) is 12.1 Å². The Kier molecular flexibility index (Phi) is 1.35. The van der Waals surface area contributed by atoms with Gasteiger partial charge in [0.15, 0.2) is 0 Å². The molecule has 52 valence electrons. The van der Waals surface area contributed by atoms with Crippen molar-refractivity contribution in [2.24, 2.45) is 0 Å². The Bertz CT molecular complexity index is 379. The molecule has 0 amide bonds. The molecule has 0 saturated heterocycles. The molecule has 0 saturated carbocycles. The van der Waals surface area contributed by atoms with Gasteiger partial charge < -0.3 is 0 Å². The Morgan fingerprint density at radius 3 is 2.64 bits per heavy atom. The van der Waals surface area contributed by atoms with Crippen molar-refractivity contribution >= 4 is 10.8 Å². The van der Waals surface area contributed by atoms with Crippen molar-refractivity contribution in [1.29, 1.82) is 0 Å². The number of rotatable bonds is 0. The van der Waals surface area contributed by atoms with E-state index in [0.29, 0.717) is 0 Å². The minimum absolute atomic E-state index is 0.358. The molecule has 2 radical (unpaired) electrons. The average molecular weight is 144 g/mol. The van der Waals surface area contributed by atoms with E-state index in [1.165, 1.54) is 6.07 Å². The standard InChI is InChI=1S/C10H5F/c11-10-6-5-8-3-1-2-4-9(8)7-10/h1-4,6H. The number of halogens is 1. The normalized spacial score (nSPS) is 10.3. The first-order valence-electron chi connectivity index (χ1n) is 3.34. The van der Waals surface area contributed by atoms with Crippen LogP contribution in [0.3, 0.4) is 0 Å². The molecule has 11 heavy (non-hydrogen) atoms. The molecule has 0 aliphatic rings. The molecule has 2 aromatic carbocycles. The van der Waals surface area contributed by atoms with Crippen molar-refractivity contribution < 1.29 is 4.39 Å². The summed E-state index contributed by atoms with van der Waals surface area (Å²) in [7, 11) is 0. The molecule has 0 unspecified atom stereocenters. The largest absolute Gasteiger partial charge is 0.206 e. The maximum Gasteiger partial charge on any atom is 0.132 e. The van der Waals surface area contributed by atoms with Gasteiger partial charge in [-0.1, -0.05) is 24.3 Å². The van der Waals surface area contributed by atoms with Gasteiger partial charge in [-0.05, 0) is 22.9 Å². The van der Waals surface area contributed by atoms with Crippen LogP contribution in [0.5, 0.6) is 0 Å². The van der Waals surface area contributed by atoms with Gasteiger partial charge in [0, 0.05) is 6.07 Å². The van der Waals surface area contributed by atoms with Crippen LogP contribution in [0.2, 0.25) is 0 Å². The van der Waals surface area contributed by atoms with E-state index in [0.717, 1.165) is 10.8 Å². The first kappa shape index (κ1) is 6.35. The molecule has 0 aromatic heterocycles. The van der Waals surface area contributed by atoms with E-state index < -0.39 is 0 Å². The zero-order chi connectivity index (χ0) is 7.68. The van der Waals surface area contributed by atoms with Crippen LogP contribution in [-0.4, -0.2) is 0 Å². The lowest BCUT2D eigenvalue weighted by Crippen LogP contribution is -1.75. The van der Waals surface area contributed by atoms with Crippen LogP contribution in [0, 0.1) is 17.9 Å². The molecule has 0 aliphatic heterocycles. The average Bonchev–Trinajstić information content (AvgIpc) is 2.04. The van der Waals surface area contributed by atoms with Gasteiger partial charge in [0.25, 0.3) is 0 Å². The molecule has 0 N–H and O–H groups in total. The first-order valence-corrected chi connectivity index (χ1v) is 3.34. The Morgan fingerprint density at radius 2 is 1.82 bits per heavy atom. The Balaban J connectivity index is 2.83. The van der Waals surface area contributed by atoms with Gasteiger partial charge in [0.2, 0.25) is 0 Å². The van der Waals surface area contributed by atoms with E-state index in [-0.39, 0.29) is 5.82 Å². The van der Waals surface area contributed by atoms with Crippen LogP contribution < -0.4 is 0 Å². The van der Waals surface area contributed by atoms with Crippen molar-refractivity contribution in [3.05, 3.63) is 48.3 Å². The molecule has 2 aromatic rings. The van der Waals surface area contributed by atoms with Crippen molar-refractivity contribution in [1.82, 2.24) is 0 Å². The summed E-state index contributed by atoms with van der Waals surface area (Å²) in [5.74, 6) is -0.358. The molecule has 1 heteroatoms. The van der Waals surface area contributed by atoms with Crippen LogP contribution >= 0.6 is 0 Å². The summed E-state index contributed by atoms with van der Waals surface area (Å²) >= 11 is 0. The smallest absolute Gasteiger partial charge is 0.132 e. The van der Waals surface area contributed by atoms with Gasteiger partial charge >= 0.3 is 0 Å². The van der Waals surface area contributed by atoms with E-state index in [1.807, 2.05) is 24.3 Å².